The second-order valence-corrected chi connectivity index (χ2v) is 0.0833. The first-order valence-electron chi connectivity index (χ1n) is 0.408. The van der Waals surface area contributed by atoms with Gasteiger partial charge in [-0.05, 0) is 6.47 Å². The Labute approximate surface area is 45.4 Å². The van der Waals surface area contributed by atoms with E-state index < -0.39 is 0 Å². The van der Waals surface area contributed by atoms with Crippen molar-refractivity contribution >= 4 is 29.5 Å². The number of rotatable bonds is 0. The maximum absolute atomic E-state index is 8.12. The molecular formula is CMgO3. The fourth-order valence-electron chi connectivity index (χ4n) is 0. The molecule has 0 atom stereocenters. The van der Waals surface area contributed by atoms with E-state index in [1.54, 1.807) is 0 Å². The third-order valence-corrected chi connectivity index (χ3v) is 0. The average molecular weight is 84.3 g/mol. The fourth-order valence-corrected chi connectivity index (χ4v) is 0. The van der Waals surface area contributed by atoms with E-state index in [4.69, 9.17) is 9.90 Å². The molecule has 0 aromatic heterocycles. The summed E-state index contributed by atoms with van der Waals surface area (Å²) in [5.41, 5.74) is 0. The van der Waals surface area contributed by atoms with Gasteiger partial charge in [0, 0.05) is 0 Å². The minimum absolute atomic E-state index is 0. The Morgan fingerprint density at radius 3 is 1.40 bits per heavy atom. The summed E-state index contributed by atoms with van der Waals surface area (Å²) in [6.07, 6.45) is 0. The molecule has 0 rings (SSSR count). The molecule has 0 aromatic carbocycles. The molecule has 0 unspecified atom stereocenters. The van der Waals surface area contributed by atoms with Gasteiger partial charge in [0.05, 0.1) is 0 Å². The number of carbonyl (C=O) groups excluding carboxylic acids is 1. The predicted octanol–water partition coefficient (Wildman–Crippen LogP) is -1.02. The van der Waals surface area contributed by atoms with Gasteiger partial charge in [0.2, 0.25) is 0 Å². The van der Waals surface area contributed by atoms with Crippen molar-refractivity contribution in [3.8, 4) is 0 Å². The van der Waals surface area contributed by atoms with E-state index in [1.165, 1.54) is 0 Å². The summed E-state index contributed by atoms with van der Waals surface area (Å²) in [5, 5.41) is 8.12. The van der Waals surface area contributed by atoms with Gasteiger partial charge < -0.3 is 15.4 Å². The van der Waals surface area contributed by atoms with Crippen molar-refractivity contribution < 1.29 is 15.4 Å². The first-order chi connectivity index (χ1) is 1.41. The molecule has 0 aliphatic carbocycles. The maximum Gasteiger partial charge on any atom is 2.00 e. The van der Waals surface area contributed by atoms with Crippen LogP contribution >= 0.6 is 0 Å². The van der Waals surface area contributed by atoms with Crippen LogP contribution in [0.25, 0.3) is 0 Å². The monoisotopic (exact) mass is 84.0 g/mol. The van der Waals surface area contributed by atoms with Crippen molar-refractivity contribution in [1.29, 1.82) is 0 Å². The van der Waals surface area contributed by atoms with E-state index in [9.17, 15) is 0 Å². The van der Waals surface area contributed by atoms with E-state index in [0.717, 1.165) is 0 Å². The van der Waals surface area contributed by atoms with Crippen LogP contribution in [0.2, 0.25) is 0 Å². The van der Waals surface area contributed by atoms with Crippen molar-refractivity contribution in [3.63, 3.8) is 0 Å². The second kappa shape index (κ2) is 30.0. The van der Waals surface area contributed by atoms with Crippen molar-refractivity contribution in [2.24, 2.45) is 0 Å². The summed E-state index contributed by atoms with van der Waals surface area (Å²) < 4.78 is 0. The van der Waals surface area contributed by atoms with Gasteiger partial charge >= 0.3 is 23.1 Å². The molecule has 24 valence electrons. The molecule has 0 fully saturated rings. The molecule has 0 amide bonds. The Morgan fingerprint density at radius 2 is 1.40 bits per heavy atom. The Morgan fingerprint density at radius 1 is 1.40 bits per heavy atom. The molecule has 0 heterocycles. The van der Waals surface area contributed by atoms with Gasteiger partial charge in [0.15, 0.2) is 0 Å². The smallest absolute Gasteiger partial charge is 1.00 e. The fraction of sp³-hybridized carbons (Fsp3) is 0. The summed E-state index contributed by atoms with van der Waals surface area (Å²) in [4.78, 5) is 8.12. The SMILES string of the molecule is [Mg+2].[O-].[O][C-]=O. The quantitative estimate of drug-likeness (QED) is 0.274. The van der Waals surface area contributed by atoms with Gasteiger partial charge in [-0.2, -0.15) is 0 Å². The Balaban J connectivity index is -0.0000000200. The summed E-state index contributed by atoms with van der Waals surface area (Å²) >= 11 is 0. The Hall–Kier alpha value is 0.196. The van der Waals surface area contributed by atoms with Crippen molar-refractivity contribution in [2.75, 3.05) is 0 Å². The number of hydrogen-bond donors (Lipinski definition) is 0. The molecular weight excluding hydrogens is 84.3 g/mol. The van der Waals surface area contributed by atoms with Crippen LogP contribution in [0.5, 0.6) is 0 Å². The van der Waals surface area contributed by atoms with Crippen LogP contribution in [0.4, 0.5) is 0 Å². The molecule has 0 spiro atoms. The zero-order valence-corrected chi connectivity index (χ0v) is 3.85. The van der Waals surface area contributed by atoms with Crippen LogP contribution in [-0.2, 0) is 15.4 Å². The zero-order chi connectivity index (χ0) is 2.71. The molecule has 0 aromatic rings. The molecule has 0 aliphatic rings. The summed E-state index contributed by atoms with van der Waals surface area (Å²) in [5.74, 6) is 0. The van der Waals surface area contributed by atoms with E-state index >= 15 is 0 Å². The molecule has 0 N–H and O–H groups in total. The van der Waals surface area contributed by atoms with Gasteiger partial charge in [-0.15, -0.1) is 0 Å². The summed E-state index contributed by atoms with van der Waals surface area (Å²) in [7, 11) is 0. The van der Waals surface area contributed by atoms with E-state index in [1.807, 2.05) is 0 Å². The van der Waals surface area contributed by atoms with Crippen LogP contribution < -0.4 is 0 Å². The molecule has 0 bridgehead atoms. The van der Waals surface area contributed by atoms with Crippen LogP contribution in [-0.4, -0.2) is 29.5 Å². The summed E-state index contributed by atoms with van der Waals surface area (Å²) in [6, 6.07) is 0. The zero-order valence-electron chi connectivity index (χ0n) is 2.43. The van der Waals surface area contributed by atoms with E-state index in [0.29, 0.717) is 0 Å². The van der Waals surface area contributed by atoms with Crippen LogP contribution in [0.3, 0.4) is 0 Å². The van der Waals surface area contributed by atoms with E-state index in [-0.39, 0.29) is 35.0 Å². The van der Waals surface area contributed by atoms with Gasteiger partial charge in [-0.25, -0.2) is 0 Å². The minimum atomic E-state index is 0. The predicted molar refractivity (Wildman–Crippen MR) is 12.8 cm³/mol. The normalized spacial score (nSPS) is 2.40. The van der Waals surface area contributed by atoms with Crippen molar-refractivity contribution in [3.05, 3.63) is 0 Å². The molecule has 3 nitrogen and oxygen atoms in total. The molecule has 0 aliphatic heterocycles. The third kappa shape index (κ3) is 526. The summed E-state index contributed by atoms with van der Waals surface area (Å²) in [6.45, 7) is 0.250. The molecule has 5 heavy (non-hydrogen) atoms. The van der Waals surface area contributed by atoms with Crippen molar-refractivity contribution in [1.82, 2.24) is 0 Å². The topological polar surface area (TPSA) is 65.5 Å². The van der Waals surface area contributed by atoms with Gasteiger partial charge in [-0.3, -0.25) is 0 Å². The molecule has 4 heteroatoms. The largest absolute Gasteiger partial charge is 2.00 e. The van der Waals surface area contributed by atoms with Crippen molar-refractivity contribution in [2.45, 2.75) is 0 Å². The standard InChI is InChI=1S/CO2.Mg.O/c2-1-3;;/q-1;+2;-1. The van der Waals surface area contributed by atoms with Gasteiger partial charge in [0.25, 0.3) is 0 Å². The second-order valence-electron chi connectivity index (χ2n) is 0.0833. The molecule has 0 saturated carbocycles. The van der Waals surface area contributed by atoms with Crippen LogP contribution in [0, 0.1) is 0 Å². The Kier molecular flexibility index (Phi) is 114. The van der Waals surface area contributed by atoms with Gasteiger partial charge in [-0.1, -0.05) is 0 Å². The van der Waals surface area contributed by atoms with E-state index in [2.05, 4.69) is 0 Å². The Bertz CT molecular complexity index is 14.4. The average Bonchev–Trinajstić information content (AvgIpc) is 0.918. The molecule has 2 radical (unpaired) electrons. The first-order valence-corrected chi connectivity index (χ1v) is 0.408. The minimum Gasteiger partial charge on any atom is -1.00 e. The number of hydrogen-bond acceptors (Lipinski definition) is 2. The van der Waals surface area contributed by atoms with Gasteiger partial charge in [0.1, 0.15) is 0 Å². The molecule has 0 saturated heterocycles. The first kappa shape index (κ1) is 19.0. The van der Waals surface area contributed by atoms with Crippen LogP contribution in [0.15, 0.2) is 0 Å². The van der Waals surface area contributed by atoms with Crippen LogP contribution in [0.1, 0.15) is 0 Å². The maximum atomic E-state index is 8.12. The third-order valence-electron chi connectivity index (χ3n) is 0.